The Morgan fingerprint density at radius 3 is 1.63 bits per heavy atom. The molecule has 0 N–H and O–H groups in total. The van der Waals surface area contributed by atoms with Crippen molar-refractivity contribution in [3.05, 3.63) is 158 Å². The lowest BCUT2D eigenvalue weighted by Crippen LogP contribution is -2.04. The predicted octanol–water partition coefficient (Wildman–Crippen LogP) is 10.6. The molecular weight excluding hydrogens is 560 g/mol. The maximum Gasteiger partial charge on any atom is 0.235 e. The van der Waals surface area contributed by atoms with Gasteiger partial charge >= 0.3 is 0 Å². The summed E-state index contributed by atoms with van der Waals surface area (Å²) in [5.41, 5.74) is 12.1. The Morgan fingerprint density at radius 1 is 0.370 bits per heavy atom. The van der Waals surface area contributed by atoms with Gasteiger partial charge in [0.1, 0.15) is 0 Å². The van der Waals surface area contributed by atoms with Crippen LogP contribution < -0.4 is 0 Å². The lowest BCUT2D eigenvalue weighted by atomic mass is 10.0. The quantitative estimate of drug-likeness (QED) is 0.206. The number of aromatic nitrogens is 4. The van der Waals surface area contributed by atoms with Crippen LogP contribution in [0.1, 0.15) is 0 Å². The van der Waals surface area contributed by atoms with Crippen molar-refractivity contribution in [3.63, 3.8) is 0 Å². The Hall–Kier alpha value is -6.26. The highest BCUT2D eigenvalue weighted by Gasteiger charge is 2.25. The van der Waals surface area contributed by atoms with E-state index >= 15 is 0 Å². The van der Waals surface area contributed by atoms with Gasteiger partial charge in [0.2, 0.25) is 5.95 Å². The molecule has 4 heteroatoms. The average molecular weight is 587 g/mol. The molecule has 10 rings (SSSR count). The van der Waals surface area contributed by atoms with Crippen molar-refractivity contribution in [1.29, 1.82) is 0 Å². The summed E-state index contributed by atoms with van der Waals surface area (Å²) < 4.78 is 4.72. The van der Waals surface area contributed by atoms with E-state index in [0.717, 1.165) is 39.1 Å². The van der Waals surface area contributed by atoms with Gasteiger partial charge < -0.3 is 4.40 Å². The number of pyridine rings is 1. The molecule has 0 aliphatic heterocycles. The van der Waals surface area contributed by atoms with Gasteiger partial charge in [0, 0.05) is 32.7 Å². The molecule has 0 aliphatic rings. The molecule has 5 aromatic heterocycles. The highest BCUT2D eigenvalue weighted by Crippen LogP contribution is 2.45. The van der Waals surface area contributed by atoms with Crippen LogP contribution in [-0.4, -0.2) is 18.9 Å². The smallest absolute Gasteiger partial charge is 0.235 e. The number of hydrogen-bond acceptors (Lipinski definition) is 2. The zero-order chi connectivity index (χ0) is 30.2. The monoisotopic (exact) mass is 586 g/mol. The van der Waals surface area contributed by atoms with Crippen molar-refractivity contribution in [2.24, 2.45) is 0 Å². The number of rotatable bonds is 4. The molecule has 0 amide bonds. The van der Waals surface area contributed by atoms with Crippen LogP contribution in [-0.2, 0) is 0 Å². The van der Waals surface area contributed by atoms with Crippen molar-refractivity contribution in [2.75, 3.05) is 0 Å². The van der Waals surface area contributed by atoms with Crippen LogP contribution in [0.25, 0.3) is 88.7 Å². The van der Waals surface area contributed by atoms with E-state index in [1.807, 2.05) is 12.1 Å². The van der Waals surface area contributed by atoms with Crippen LogP contribution in [0.15, 0.2) is 158 Å². The topological polar surface area (TPSA) is 35.1 Å². The third-order valence-electron chi connectivity index (χ3n) is 9.28. The van der Waals surface area contributed by atoms with Crippen molar-refractivity contribution in [1.82, 2.24) is 18.9 Å². The summed E-state index contributed by atoms with van der Waals surface area (Å²) in [6, 6.07) is 55.7. The van der Waals surface area contributed by atoms with Gasteiger partial charge in [-0.05, 0) is 41.5 Å². The first-order valence-electron chi connectivity index (χ1n) is 15.6. The summed E-state index contributed by atoms with van der Waals surface area (Å²) in [6.45, 7) is 0. The van der Waals surface area contributed by atoms with Crippen LogP contribution in [0.3, 0.4) is 0 Å². The molecule has 0 spiro atoms. The average Bonchev–Trinajstić information content (AvgIpc) is 3.77. The Labute approximate surface area is 264 Å². The van der Waals surface area contributed by atoms with Gasteiger partial charge in [-0.25, -0.2) is 9.97 Å². The normalized spacial score (nSPS) is 11.9. The number of hydrogen-bond donors (Lipinski definition) is 0. The zero-order valence-corrected chi connectivity index (χ0v) is 24.8. The summed E-state index contributed by atoms with van der Waals surface area (Å²) in [5, 5.41) is 4.92. The van der Waals surface area contributed by atoms with Gasteiger partial charge in [-0.15, -0.1) is 0 Å². The summed E-state index contributed by atoms with van der Waals surface area (Å²) in [7, 11) is 0. The molecule has 46 heavy (non-hydrogen) atoms. The lowest BCUT2D eigenvalue weighted by Gasteiger charge is -2.12. The molecule has 0 radical (unpaired) electrons. The van der Waals surface area contributed by atoms with Gasteiger partial charge in [0.05, 0.1) is 39.0 Å². The van der Waals surface area contributed by atoms with Crippen LogP contribution in [0.4, 0.5) is 0 Å². The van der Waals surface area contributed by atoms with Crippen LogP contribution in [0, 0.1) is 0 Å². The summed E-state index contributed by atoms with van der Waals surface area (Å²) in [6.07, 6.45) is 0. The Kier molecular flexibility index (Phi) is 5.25. The van der Waals surface area contributed by atoms with E-state index < -0.39 is 0 Å². The Bertz CT molecular complexity index is 2660. The second-order valence-electron chi connectivity index (χ2n) is 11.9. The number of benzene rings is 5. The molecule has 5 aromatic carbocycles. The molecule has 0 unspecified atom stereocenters. The zero-order valence-electron chi connectivity index (χ0n) is 24.8. The fraction of sp³-hybridized carbons (Fsp3) is 0. The van der Waals surface area contributed by atoms with Gasteiger partial charge in [0.15, 0.2) is 0 Å². The molecule has 0 bridgehead atoms. The van der Waals surface area contributed by atoms with E-state index in [1.165, 1.54) is 43.7 Å². The van der Waals surface area contributed by atoms with Crippen molar-refractivity contribution < 1.29 is 0 Å². The first-order valence-corrected chi connectivity index (χ1v) is 15.6. The van der Waals surface area contributed by atoms with Crippen LogP contribution in [0.5, 0.6) is 0 Å². The van der Waals surface area contributed by atoms with Crippen molar-refractivity contribution in [2.45, 2.75) is 0 Å². The number of nitrogens with zero attached hydrogens (tertiary/aromatic N) is 4. The second-order valence-corrected chi connectivity index (χ2v) is 11.9. The van der Waals surface area contributed by atoms with Crippen LogP contribution in [0.2, 0.25) is 0 Å². The van der Waals surface area contributed by atoms with Crippen LogP contribution >= 0.6 is 0 Å². The standard InChI is InChI=1S/C42H26N4/c1-4-13-27(14-5-1)30-23-24-37-33(25-30)39-40-32-20-11-10-19-31(32)36-21-12-22-38(45(36)40)41(39)46(37)42-43-34(28-15-6-2-7-16-28)26-35(44-42)29-17-8-3-9-18-29/h1-26H. The third-order valence-corrected chi connectivity index (χ3v) is 9.28. The number of fused-ring (bicyclic) bond motifs is 8. The predicted molar refractivity (Wildman–Crippen MR) is 190 cm³/mol. The highest BCUT2D eigenvalue weighted by molar-refractivity contribution is 6.30. The Morgan fingerprint density at radius 2 is 0.957 bits per heavy atom. The lowest BCUT2D eigenvalue weighted by molar-refractivity contribution is 0.997. The highest BCUT2D eigenvalue weighted by atomic mass is 15.2. The molecule has 0 atom stereocenters. The first kappa shape index (κ1) is 25.1. The third kappa shape index (κ3) is 3.55. The molecular formula is C42H26N4. The molecule has 0 aliphatic carbocycles. The van der Waals surface area contributed by atoms with Gasteiger partial charge in [-0.3, -0.25) is 4.57 Å². The molecule has 10 aromatic rings. The molecule has 0 saturated heterocycles. The minimum absolute atomic E-state index is 0.658. The summed E-state index contributed by atoms with van der Waals surface area (Å²) in [4.78, 5) is 10.6. The maximum absolute atomic E-state index is 5.30. The molecule has 4 nitrogen and oxygen atoms in total. The molecule has 0 fully saturated rings. The van der Waals surface area contributed by atoms with E-state index in [2.05, 4.69) is 155 Å². The molecule has 0 saturated carbocycles. The van der Waals surface area contributed by atoms with E-state index in [4.69, 9.17) is 9.97 Å². The SMILES string of the molecule is c1ccc(-c2ccc3c(c2)c2c(c4cccc5c6ccccc6c2n54)n3-c2nc(-c3ccccc3)cc(-c3ccccc3)n2)cc1. The first-order chi connectivity index (χ1) is 22.8. The van der Waals surface area contributed by atoms with Gasteiger partial charge in [-0.2, -0.15) is 0 Å². The Balaban J connectivity index is 1.38. The fourth-order valence-electron chi connectivity index (χ4n) is 7.26. The fourth-order valence-corrected chi connectivity index (χ4v) is 7.26. The van der Waals surface area contributed by atoms with E-state index in [1.54, 1.807) is 0 Å². The van der Waals surface area contributed by atoms with Crippen molar-refractivity contribution >= 4 is 49.1 Å². The van der Waals surface area contributed by atoms with E-state index in [-0.39, 0.29) is 0 Å². The molecule has 214 valence electrons. The summed E-state index contributed by atoms with van der Waals surface area (Å²) >= 11 is 0. The van der Waals surface area contributed by atoms with E-state index in [0.29, 0.717) is 5.95 Å². The van der Waals surface area contributed by atoms with Gasteiger partial charge in [-0.1, -0.05) is 127 Å². The minimum Gasteiger partial charge on any atom is -0.306 e. The maximum atomic E-state index is 5.30. The van der Waals surface area contributed by atoms with Crippen molar-refractivity contribution in [3.8, 4) is 39.6 Å². The minimum atomic E-state index is 0.658. The second kappa shape index (κ2) is 9.62. The summed E-state index contributed by atoms with van der Waals surface area (Å²) in [5.74, 6) is 0.658. The van der Waals surface area contributed by atoms with Gasteiger partial charge in [0.25, 0.3) is 0 Å². The molecule has 5 heterocycles. The largest absolute Gasteiger partial charge is 0.306 e. The van der Waals surface area contributed by atoms with E-state index in [9.17, 15) is 0 Å².